The van der Waals surface area contributed by atoms with E-state index in [9.17, 15) is 22.8 Å². The number of nitrogens with zero attached hydrogens (tertiary/aromatic N) is 3. The first-order chi connectivity index (χ1) is 21.0. The van der Waals surface area contributed by atoms with Crippen LogP contribution in [0.4, 0.5) is 24.5 Å². The molecular weight excluding hydrogens is 567 g/mol. The van der Waals surface area contributed by atoms with Crippen molar-refractivity contribution in [3.63, 3.8) is 0 Å². The molecule has 1 spiro atoms. The summed E-state index contributed by atoms with van der Waals surface area (Å²) in [5, 5.41) is 0. The number of alkyl halides is 3. The maximum atomic E-state index is 13.9. The summed E-state index contributed by atoms with van der Waals surface area (Å²) in [6, 6.07) is 11.6. The Morgan fingerprint density at radius 1 is 0.909 bits per heavy atom. The SMILES string of the molecule is Cc1cc(N2CCC(C3CCCCC[C@H]3C)C2)ccc1N1CCC2(CCN(C(=O)c3ccc(OC(F)(F)F)cc3)CC2)C1=O. The van der Waals surface area contributed by atoms with Crippen LogP contribution in [0.1, 0.15) is 80.6 Å². The molecule has 1 saturated carbocycles. The number of carbonyl (C=O) groups is 2. The highest BCUT2D eigenvalue weighted by Gasteiger charge is 2.49. The first kappa shape index (κ1) is 30.8. The van der Waals surface area contributed by atoms with Crippen LogP contribution in [0, 0.1) is 30.1 Å². The van der Waals surface area contributed by atoms with Crippen LogP contribution >= 0.6 is 0 Å². The molecule has 2 amide bonds. The van der Waals surface area contributed by atoms with Gasteiger partial charge >= 0.3 is 6.36 Å². The van der Waals surface area contributed by atoms with E-state index in [0.717, 1.165) is 60.6 Å². The number of carbonyl (C=O) groups excluding carboxylic acids is 2. The fourth-order valence-electron chi connectivity index (χ4n) is 8.37. The zero-order valence-corrected chi connectivity index (χ0v) is 25.9. The Bertz CT molecular complexity index is 1350. The lowest BCUT2D eigenvalue weighted by Gasteiger charge is -2.38. The number of amides is 2. The summed E-state index contributed by atoms with van der Waals surface area (Å²) in [6.07, 6.45) is 5.27. The molecule has 0 bridgehead atoms. The Kier molecular flexibility index (Phi) is 8.59. The predicted molar refractivity (Wildman–Crippen MR) is 165 cm³/mol. The Labute approximate surface area is 258 Å². The Balaban J connectivity index is 1.06. The molecule has 0 aromatic heterocycles. The number of halogens is 3. The molecule has 9 heteroatoms. The highest BCUT2D eigenvalue weighted by Crippen LogP contribution is 2.45. The van der Waals surface area contributed by atoms with Crippen molar-refractivity contribution in [1.29, 1.82) is 0 Å². The molecule has 2 unspecified atom stereocenters. The molecule has 4 aliphatic rings. The van der Waals surface area contributed by atoms with E-state index in [0.29, 0.717) is 38.0 Å². The molecule has 6 nitrogen and oxygen atoms in total. The summed E-state index contributed by atoms with van der Waals surface area (Å²) < 4.78 is 41.3. The van der Waals surface area contributed by atoms with Crippen LogP contribution in [-0.2, 0) is 4.79 Å². The minimum atomic E-state index is -4.78. The molecule has 1 aliphatic carbocycles. The van der Waals surface area contributed by atoms with Gasteiger partial charge in [-0.05, 0) is 105 Å². The van der Waals surface area contributed by atoms with Crippen LogP contribution in [0.25, 0.3) is 0 Å². The minimum Gasteiger partial charge on any atom is -0.406 e. The molecule has 6 rings (SSSR count). The fraction of sp³-hybridized carbons (Fsp3) is 0.600. The largest absolute Gasteiger partial charge is 0.573 e. The molecule has 3 aliphatic heterocycles. The van der Waals surface area contributed by atoms with Gasteiger partial charge in [-0.3, -0.25) is 9.59 Å². The zero-order chi connectivity index (χ0) is 31.1. The number of aryl methyl sites for hydroxylation is 1. The average molecular weight is 612 g/mol. The average Bonchev–Trinajstić information content (AvgIpc) is 3.53. The van der Waals surface area contributed by atoms with Gasteiger partial charge < -0.3 is 19.4 Å². The van der Waals surface area contributed by atoms with E-state index in [1.807, 2.05) is 4.90 Å². The molecule has 0 radical (unpaired) electrons. The molecule has 3 saturated heterocycles. The van der Waals surface area contributed by atoms with E-state index in [-0.39, 0.29) is 17.6 Å². The van der Waals surface area contributed by atoms with E-state index < -0.39 is 11.8 Å². The lowest BCUT2D eigenvalue weighted by Crippen LogP contribution is -2.46. The predicted octanol–water partition coefficient (Wildman–Crippen LogP) is 7.60. The van der Waals surface area contributed by atoms with E-state index in [4.69, 9.17) is 0 Å². The van der Waals surface area contributed by atoms with Crippen molar-refractivity contribution in [3.05, 3.63) is 53.6 Å². The smallest absolute Gasteiger partial charge is 0.406 e. The van der Waals surface area contributed by atoms with E-state index in [1.54, 1.807) is 4.90 Å². The van der Waals surface area contributed by atoms with Gasteiger partial charge in [-0.1, -0.05) is 32.6 Å². The molecule has 44 heavy (non-hydrogen) atoms. The molecule has 0 N–H and O–H groups in total. The zero-order valence-electron chi connectivity index (χ0n) is 25.9. The van der Waals surface area contributed by atoms with E-state index in [1.165, 1.54) is 56.3 Å². The third kappa shape index (κ3) is 6.29. The number of anilines is 2. The first-order valence-electron chi connectivity index (χ1n) is 16.4. The van der Waals surface area contributed by atoms with Gasteiger partial charge in [-0.25, -0.2) is 0 Å². The van der Waals surface area contributed by atoms with Gasteiger partial charge in [0.2, 0.25) is 5.91 Å². The van der Waals surface area contributed by atoms with Gasteiger partial charge in [0, 0.05) is 49.7 Å². The van der Waals surface area contributed by atoms with Gasteiger partial charge in [0.05, 0.1) is 5.41 Å². The molecule has 4 fully saturated rings. The summed E-state index contributed by atoms with van der Waals surface area (Å²) in [5.41, 5.74) is 3.16. The van der Waals surface area contributed by atoms with E-state index >= 15 is 0 Å². The third-order valence-corrected chi connectivity index (χ3v) is 10.9. The maximum Gasteiger partial charge on any atom is 0.573 e. The van der Waals surface area contributed by atoms with Crippen molar-refractivity contribution in [3.8, 4) is 5.75 Å². The van der Waals surface area contributed by atoms with Gasteiger partial charge in [0.1, 0.15) is 5.75 Å². The summed E-state index contributed by atoms with van der Waals surface area (Å²) in [4.78, 5) is 33.1. The van der Waals surface area contributed by atoms with Crippen LogP contribution in [0.5, 0.6) is 5.75 Å². The van der Waals surface area contributed by atoms with Gasteiger partial charge in [-0.15, -0.1) is 13.2 Å². The van der Waals surface area contributed by atoms with Crippen LogP contribution in [-0.4, -0.2) is 55.8 Å². The van der Waals surface area contributed by atoms with Crippen molar-refractivity contribution in [2.75, 3.05) is 42.5 Å². The van der Waals surface area contributed by atoms with Gasteiger partial charge in [-0.2, -0.15) is 0 Å². The van der Waals surface area contributed by atoms with Gasteiger partial charge in [0.25, 0.3) is 5.91 Å². The number of piperidine rings is 1. The highest BCUT2D eigenvalue weighted by molar-refractivity contribution is 6.01. The van der Waals surface area contributed by atoms with Crippen molar-refractivity contribution in [1.82, 2.24) is 4.90 Å². The topological polar surface area (TPSA) is 53.1 Å². The molecule has 2 aromatic rings. The second kappa shape index (κ2) is 12.3. The van der Waals surface area contributed by atoms with Crippen molar-refractivity contribution >= 4 is 23.2 Å². The summed E-state index contributed by atoms with van der Waals surface area (Å²) in [7, 11) is 0. The quantitative estimate of drug-likeness (QED) is 0.327. The number of ether oxygens (including phenoxy) is 1. The number of benzene rings is 2. The van der Waals surface area contributed by atoms with Crippen LogP contribution in [0.2, 0.25) is 0 Å². The number of hydrogen-bond donors (Lipinski definition) is 0. The second-order valence-corrected chi connectivity index (χ2v) is 13.6. The highest BCUT2D eigenvalue weighted by atomic mass is 19.4. The van der Waals surface area contributed by atoms with Crippen molar-refractivity contribution < 1.29 is 27.5 Å². The Hall–Kier alpha value is -3.23. The lowest BCUT2D eigenvalue weighted by molar-refractivity contribution is -0.274. The summed E-state index contributed by atoms with van der Waals surface area (Å²) in [5.74, 6) is 1.95. The van der Waals surface area contributed by atoms with Crippen LogP contribution in [0.15, 0.2) is 42.5 Å². The normalized spacial score (nSPS) is 25.9. The molecule has 238 valence electrons. The number of likely N-dealkylation sites (tertiary alicyclic amines) is 1. The third-order valence-electron chi connectivity index (χ3n) is 10.9. The standard InChI is InChI=1S/C35H44F3N3O3/c1-24-6-4-3-5-7-30(24)27-14-18-40(23-27)28-10-13-31(25(2)22-28)41-21-17-34(33(41)43)15-19-39(20-16-34)32(42)26-8-11-29(12-9-26)44-35(36,37)38/h8-13,22,24,27,30H,3-7,14-21,23H2,1-2H3/t24-,27?,30?/m1/s1. The maximum absolute atomic E-state index is 13.9. The monoisotopic (exact) mass is 611 g/mol. The molecule has 3 heterocycles. The Morgan fingerprint density at radius 2 is 1.61 bits per heavy atom. The fourth-order valence-corrected chi connectivity index (χ4v) is 8.37. The lowest BCUT2D eigenvalue weighted by atomic mass is 9.77. The number of rotatable bonds is 5. The molecule has 3 atom stereocenters. The first-order valence-corrected chi connectivity index (χ1v) is 16.4. The van der Waals surface area contributed by atoms with Crippen molar-refractivity contribution in [2.45, 2.75) is 78.0 Å². The van der Waals surface area contributed by atoms with Gasteiger partial charge in [0.15, 0.2) is 0 Å². The summed E-state index contributed by atoms with van der Waals surface area (Å²) >= 11 is 0. The van der Waals surface area contributed by atoms with Crippen molar-refractivity contribution in [2.24, 2.45) is 23.2 Å². The summed E-state index contributed by atoms with van der Waals surface area (Å²) in [6.45, 7) is 8.32. The Morgan fingerprint density at radius 3 is 2.32 bits per heavy atom. The molecule has 2 aromatic carbocycles. The van der Waals surface area contributed by atoms with Crippen LogP contribution in [0.3, 0.4) is 0 Å². The second-order valence-electron chi connectivity index (χ2n) is 13.6. The number of hydrogen-bond acceptors (Lipinski definition) is 4. The minimum absolute atomic E-state index is 0.137. The van der Waals surface area contributed by atoms with Crippen LogP contribution < -0.4 is 14.5 Å². The van der Waals surface area contributed by atoms with E-state index in [2.05, 4.69) is 41.7 Å². The molecular formula is C35H44F3N3O3.